The summed E-state index contributed by atoms with van der Waals surface area (Å²) in [5.41, 5.74) is 0.243. The van der Waals surface area contributed by atoms with Crippen LogP contribution >= 0.6 is 0 Å². The second-order valence-corrected chi connectivity index (χ2v) is 5.42. The van der Waals surface area contributed by atoms with Crippen molar-refractivity contribution < 1.29 is 0 Å². The summed E-state index contributed by atoms with van der Waals surface area (Å²) < 4.78 is 2.11. The van der Waals surface area contributed by atoms with E-state index in [0.29, 0.717) is 6.04 Å². The van der Waals surface area contributed by atoms with Gasteiger partial charge in [0.25, 0.3) is 0 Å². The molecule has 0 spiro atoms. The Labute approximate surface area is 102 Å². The van der Waals surface area contributed by atoms with E-state index in [1.54, 1.807) is 0 Å². The number of nitrogens with zero attached hydrogens (tertiary/aromatic N) is 2. The van der Waals surface area contributed by atoms with Crippen molar-refractivity contribution in [1.82, 2.24) is 20.4 Å². The van der Waals surface area contributed by atoms with Crippen molar-refractivity contribution >= 4 is 5.82 Å². The molecule has 1 atom stereocenters. The third-order valence-electron chi connectivity index (χ3n) is 3.89. The molecule has 0 aromatic carbocycles. The summed E-state index contributed by atoms with van der Waals surface area (Å²) in [6.07, 6.45) is 4.41. The first-order chi connectivity index (χ1) is 8.27. The van der Waals surface area contributed by atoms with E-state index >= 15 is 0 Å². The molecule has 1 aromatic heterocycles. The van der Waals surface area contributed by atoms with Gasteiger partial charge in [0.1, 0.15) is 5.82 Å². The second kappa shape index (κ2) is 4.31. The van der Waals surface area contributed by atoms with Gasteiger partial charge in [-0.15, -0.1) is 0 Å². The maximum atomic E-state index is 4.40. The monoisotopic (exact) mass is 235 g/mol. The van der Waals surface area contributed by atoms with Crippen molar-refractivity contribution in [3.05, 3.63) is 12.3 Å². The van der Waals surface area contributed by atoms with Crippen molar-refractivity contribution in [2.75, 3.05) is 31.5 Å². The van der Waals surface area contributed by atoms with Gasteiger partial charge in [-0.3, -0.25) is 0 Å². The first kappa shape index (κ1) is 11.0. The number of hydrogen-bond acceptors (Lipinski definition) is 4. The van der Waals surface area contributed by atoms with Gasteiger partial charge in [0.05, 0.1) is 12.2 Å². The van der Waals surface area contributed by atoms with Crippen molar-refractivity contribution in [3.8, 4) is 0 Å². The van der Waals surface area contributed by atoms with Crippen LogP contribution in [0, 0.1) is 0 Å². The van der Waals surface area contributed by atoms with Gasteiger partial charge in [-0.2, -0.15) is 5.10 Å². The lowest BCUT2D eigenvalue weighted by molar-refractivity contribution is 0.320. The van der Waals surface area contributed by atoms with Gasteiger partial charge in [0.15, 0.2) is 0 Å². The zero-order valence-electron chi connectivity index (χ0n) is 10.4. The van der Waals surface area contributed by atoms with E-state index < -0.39 is 0 Å². The van der Waals surface area contributed by atoms with Crippen LogP contribution in [-0.2, 0) is 0 Å². The Kier molecular flexibility index (Phi) is 2.80. The lowest BCUT2D eigenvalue weighted by Gasteiger charge is -2.30. The molecule has 17 heavy (non-hydrogen) atoms. The number of aromatic nitrogens is 2. The highest BCUT2D eigenvalue weighted by Gasteiger charge is 2.28. The largest absolute Gasteiger partial charge is 0.368 e. The van der Waals surface area contributed by atoms with E-state index in [4.69, 9.17) is 0 Å². The molecule has 5 nitrogen and oxygen atoms in total. The number of hydrogen-bond donors (Lipinski definition) is 3. The third kappa shape index (κ3) is 2.17. The highest BCUT2D eigenvalue weighted by Crippen LogP contribution is 2.21. The summed E-state index contributed by atoms with van der Waals surface area (Å²) in [7, 11) is 0. The molecule has 1 aromatic rings. The summed E-state index contributed by atoms with van der Waals surface area (Å²) >= 11 is 0. The van der Waals surface area contributed by atoms with Gasteiger partial charge in [0.2, 0.25) is 0 Å². The average Bonchev–Trinajstić information content (AvgIpc) is 2.83. The summed E-state index contributed by atoms with van der Waals surface area (Å²) in [4.78, 5) is 0. The molecule has 0 radical (unpaired) electrons. The molecule has 94 valence electrons. The highest BCUT2D eigenvalue weighted by molar-refractivity contribution is 5.35. The summed E-state index contributed by atoms with van der Waals surface area (Å²) in [5, 5.41) is 14.8. The fourth-order valence-corrected chi connectivity index (χ4v) is 2.59. The van der Waals surface area contributed by atoms with E-state index in [0.717, 1.165) is 32.0 Å². The standard InChI is InChI=1S/C12H21N5/c1-12(4-2-5-15-12)9-14-11-3-6-16-17(11)10-7-13-8-10/h3,6,10,13-15H,2,4-5,7-9H2,1H3/t12-/m1/s1. The fraction of sp³-hybridized carbons (Fsp3) is 0.750. The Balaban J connectivity index is 1.62. The predicted molar refractivity (Wildman–Crippen MR) is 68.3 cm³/mol. The van der Waals surface area contributed by atoms with Crippen LogP contribution in [0.2, 0.25) is 0 Å². The van der Waals surface area contributed by atoms with Crippen LogP contribution in [0.1, 0.15) is 25.8 Å². The fourth-order valence-electron chi connectivity index (χ4n) is 2.59. The minimum absolute atomic E-state index is 0.243. The zero-order chi connectivity index (χ0) is 11.7. The number of rotatable bonds is 4. The Bertz CT molecular complexity index is 376. The first-order valence-corrected chi connectivity index (χ1v) is 6.50. The second-order valence-electron chi connectivity index (χ2n) is 5.42. The Morgan fingerprint density at radius 3 is 3.12 bits per heavy atom. The van der Waals surface area contributed by atoms with Crippen LogP contribution in [0.15, 0.2) is 12.3 Å². The van der Waals surface area contributed by atoms with E-state index in [-0.39, 0.29) is 5.54 Å². The zero-order valence-corrected chi connectivity index (χ0v) is 10.4. The number of anilines is 1. The molecule has 2 fully saturated rings. The van der Waals surface area contributed by atoms with Crippen molar-refractivity contribution in [3.63, 3.8) is 0 Å². The van der Waals surface area contributed by atoms with Crippen molar-refractivity contribution in [1.29, 1.82) is 0 Å². The van der Waals surface area contributed by atoms with Gasteiger partial charge in [-0.1, -0.05) is 0 Å². The maximum Gasteiger partial charge on any atom is 0.124 e. The van der Waals surface area contributed by atoms with E-state index in [9.17, 15) is 0 Å². The molecule has 0 aliphatic carbocycles. The molecule has 3 N–H and O–H groups in total. The van der Waals surface area contributed by atoms with Gasteiger partial charge >= 0.3 is 0 Å². The molecule has 5 heteroatoms. The molecule has 0 bridgehead atoms. The molecule has 0 saturated carbocycles. The molecular weight excluding hydrogens is 214 g/mol. The first-order valence-electron chi connectivity index (χ1n) is 6.50. The smallest absolute Gasteiger partial charge is 0.124 e. The minimum atomic E-state index is 0.243. The van der Waals surface area contributed by atoms with Crippen LogP contribution in [0.5, 0.6) is 0 Å². The summed E-state index contributed by atoms with van der Waals surface area (Å²) in [5.74, 6) is 1.14. The normalized spacial score (nSPS) is 29.2. The molecule has 0 unspecified atom stereocenters. The van der Waals surface area contributed by atoms with E-state index in [1.165, 1.54) is 12.8 Å². The lowest BCUT2D eigenvalue weighted by atomic mass is 10.0. The van der Waals surface area contributed by atoms with Gasteiger partial charge in [-0.25, -0.2) is 4.68 Å². The summed E-state index contributed by atoms with van der Waals surface area (Å²) in [6.45, 7) is 6.47. The van der Waals surface area contributed by atoms with Gasteiger partial charge in [0, 0.05) is 31.2 Å². The Morgan fingerprint density at radius 1 is 1.59 bits per heavy atom. The quantitative estimate of drug-likeness (QED) is 0.714. The van der Waals surface area contributed by atoms with Gasteiger partial charge < -0.3 is 16.0 Å². The molecule has 2 aliphatic heterocycles. The van der Waals surface area contributed by atoms with E-state index in [1.807, 2.05) is 6.20 Å². The Hall–Kier alpha value is -1.07. The molecule has 2 saturated heterocycles. The van der Waals surface area contributed by atoms with Gasteiger partial charge in [-0.05, 0) is 26.3 Å². The van der Waals surface area contributed by atoms with E-state index in [2.05, 4.69) is 38.7 Å². The average molecular weight is 235 g/mol. The molecular formula is C12H21N5. The molecule has 3 rings (SSSR count). The van der Waals surface area contributed by atoms with Crippen LogP contribution in [0.25, 0.3) is 0 Å². The lowest BCUT2D eigenvalue weighted by Crippen LogP contribution is -2.45. The molecule has 0 amide bonds. The maximum absolute atomic E-state index is 4.40. The highest BCUT2D eigenvalue weighted by atomic mass is 15.4. The minimum Gasteiger partial charge on any atom is -0.368 e. The molecule has 2 aliphatic rings. The van der Waals surface area contributed by atoms with Crippen LogP contribution in [0.4, 0.5) is 5.82 Å². The number of nitrogens with one attached hydrogen (secondary N) is 3. The predicted octanol–water partition coefficient (Wildman–Crippen LogP) is 0.581. The van der Waals surface area contributed by atoms with Crippen molar-refractivity contribution in [2.45, 2.75) is 31.3 Å². The van der Waals surface area contributed by atoms with Crippen molar-refractivity contribution in [2.24, 2.45) is 0 Å². The van der Waals surface area contributed by atoms with Crippen LogP contribution < -0.4 is 16.0 Å². The SMILES string of the molecule is C[C@]1(CNc2ccnn2C2CNC2)CCCN1. The topological polar surface area (TPSA) is 53.9 Å². The Morgan fingerprint density at radius 2 is 2.47 bits per heavy atom. The summed E-state index contributed by atoms with van der Waals surface area (Å²) in [6, 6.07) is 2.59. The molecule has 3 heterocycles. The third-order valence-corrected chi connectivity index (χ3v) is 3.89. The van der Waals surface area contributed by atoms with Crippen LogP contribution in [0.3, 0.4) is 0 Å². The van der Waals surface area contributed by atoms with Crippen LogP contribution in [-0.4, -0.2) is 41.5 Å².